The molecule has 3 aliphatic rings. The summed E-state index contributed by atoms with van der Waals surface area (Å²) in [5.74, 6) is 2.07. The van der Waals surface area contributed by atoms with Gasteiger partial charge in [0.25, 0.3) is 0 Å². The lowest BCUT2D eigenvalue weighted by molar-refractivity contribution is -0.0502. The summed E-state index contributed by atoms with van der Waals surface area (Å²) >= 11 is 0. The van der Waals surface area contributed by atoms with Gasteiger partial charge in [-0.05, 0) is 43.0 Å². The minimum Gasteiger partial charge on any atom is -0.373 e. The Labute approximate surface area is 197 Å². The van der Waals surface area contributed by atoms with Crippen molar-refractivity contribution in [3.05, 3.63) is 59.8 Å². The summed E-state index contributed by atoms with van der Waals surface area (Å²) in [6, 6.07) is 15.4. The van der Waals surface area contributed by atoms with Gasteiger partial charge in [0.15, 0.2) is 5.96 Å². The predicted octanol–water partition coefficient (Wildman–Crippen LogP) is 2.73. The maximum Gasteiger partial charge on any atom is 0.194 e. The Hall–Kier alpha value is -2.64. The molecule has 0 amide bonds. The predicted molar refractivity (Wildman–Crippen MR) is 132 cm³/mol. The largest absolute Gasteiger partial charge is 0.373 e. The van der Waals surface area contributed by atoms with Crippen LogP contribution in [0.2, 0.25) is 0 Å². The van der Waals surface area contributed by atoms with Crippen LogP contribution in [-0.2, 0) is 17.8 Å². The van der Waals surface area contributed by atoms with Crippen molar-refractivity contribution in [1.29, 1.82) is 0 Å². The first-order valence-electron chi connectivity index (χ1n) is 12.4. The van der Waals surface area contributed by atoms with Crippen LogP contribution >= 0.6 is 0 Å². The van der Waals surface area contributed by atoms with E-state index in [1.807, 2.05) is 6.20 Å². The number of hydrogen-bond acceptors (Lipinski definition) is 5. The Morgan fingerprint density at radius 2 is 1.94 bits per heavy atom. The molecular weight excluding hydrogens is 412 g/mol. The summed E-state index contributed by atoms with van der Waals surface area (Å²) in [6.07, 6.45) is 4.67. The van der Waals surface area contributed by atoms with Crippen molar-refractivity contribution >= 4 is 11.8 Å². The molecule has 33 heavy (non-hydrogen) atoms. The minimum absolute atomic E-state index is 0.231. The third-order valence-electron chi connectivity index (χ3n) is 6.93. The minimum atomic E-state index is 0.231. The van der Waals surface area contributed by atoms with Gasteiger partial charge in [0.05, 0.1) is 25.3 Å². The molecule has 176 valence electrons. The molecule has 7 heteroatoms. The molecule has 0 saturated carbocycles. The standard InChI is InChI=1S/C26H36N6O/c1-2-27-26(29-17-22-10-11-28-25(16-22)30-12-6-7-13-30)32-19-23-24(20-32)33-15-14-31(23)18-21-8-4-3-5-9-21/h3-5,8-11,16,23-24H,2,6-7,12-15,17-20H2,1H3,(H,27,29). The number of nitrogens with zero attached hydrogens (tertiary/aromatic N) is 5. The van der Waals surface area contributed by atoms with Crippen LogP contribution in [0.15, 0.2) is 53.7 Å². The highest BCUT2D eigenvalue weighted by molar-refractivity contribution is 5.80. The van der Waals surface area contributed by atoms with Crippen molar-refractivity contribution in [2.24, 2.45) is 4.99 Å². The van der Waals surface area contributed by atoms with E-state index in [2.05, 4.69) is 74.4 Å². The van der Waals surface area contributed by atoms with Crippen LogP contribution in [0.4, 0.5) is 5.82 Å². The molecule has 3 aliphatic heterocycles. The lowest BCUT2D eigenvalue weighted by Crippen LogP contribution is -2.50. The SMILES string of the molecule is CCNC(=NCc1ccnc(N2CCCC2)c1)N1CC2OCCN(Cc3ccccc3)C2C1. The number of morpholine rings is 1. The number of pyridine rings is 1. The highest BCUT2D eigenvalue weighted by atomic mass is 16.5. The maximum atomic E-state index is 6.18. The molecule has 3 fully saturated rings. The molecule has 2 atom stereocenters. The Morgan fingerprint density at radius 3 is 2.76 bits per heavy atom. The summed E-state index contributed by atoms with van der Waals surface area (Å²) in [5.41, 5.74) is 2.57. The Bertz CT molecular complexity index is 929. The van der Waals surface area contributed by atoms with E-state index in [-0.39, 0.29) is 6.10 Å². The summed E-state index contributed by atoms with van der Waals surface area (Å²) in [5, 5.41) is 3.51. The van der Waals surface area contributed by atoms with Crippen molar-refractivity contribution in [2.45, 2.75) is 45.0 Å². The highest BCUT2D eigenvalue weighted by Gasteiger charge is 2.41. The molecule has 5 rings (SSSR count). The van der Waals surface area contributed by atoms with E-state index in [9.17, 15) is 0 Å². The van der Waals surface area contributed by atoms with Gasteiger partial charge in [-0.3, -0.25) is 4.90 Å². The van der Waals surface area contributed by atoms with Crippen LogP contribution in [-0.4, -0.2) is 78.8 Å². The Morgan fingerprint density at radius 1 is 1.09 bits per heavy atom. The molecule has 0 radical (unpaired) electrons. The summed E-state index contributed by atoms with van der Waals surface area (Å²) in [7, 11) is 0. The van der Waals surface area contributed by atoms with Crippen molar-refractivity contribution in [2.75, 3.05) is 50.8 Å². The summed E-state index contributed by atoms with van der Waals surface area (Å²) in [6.45, 7) is 10.4. The number of nitrogens with one attached hydrogen (secondary N) is 1. The van der Waals surface area contributed by atoms with Crippen molar-refractivity contribution in [3.63, 3.8) is 0 Å². The molecule has 4 heterocycles. The average Bonchev–Trinajstić information content (AvgIpc) is 3.54. The number of guanidine groups is 1. The maximum absolute atomic E-state index is 6.18. The third kappa shape index (κ3) is 5.31. The first-order chi connectivity index (χ1) is 16.3. The number of benzene rings is 1. The van der Waals surface area contributed by atoms with Gasteiger partial charge < -0.3 is 19.9 Å². The number of anilines is 1. The van der Waals surface area contributed by atoms with Gasteiger partial charge in [0.1, 0.15) is 5.82 Å². The smallest absolute Gasteiger partial charge is 0.194 e. The van der Waals surface area contributed by atoms with E-state index in [1.54, 1.807) is 0 Å². The van der Waals surface area contributed by atoms with Crippen LogP contribution in [0.1, 0.15) is 30.9 Å². The lowest BCUT2D eigenvalue weighted by atomic mass is 10.1. The molecule has 2 unspecified atom stereocenters. The zero-order chi connectivity index (χ0) is 22.5. The van der Waals surface area contributed by atoms with E-state index < -0.39 is 0 Å². The molecule has 1 aromatic heterocycles. The first kappa shape index (κ1) is 22.2. The summed E-state index contributed by atoms with van der Waals surface area (Å²) < 4.78 is 6.18. The quantitative estimate of drug-likeness (QED) is 0.542. The second-order valence-corrected chi connectivity index (χ2v) is 9.22. The van der Waals surface area contributed by atoms with Gasteiger partial charge in [0.2, 0.25) is 0 Å². The number of aliphatic imine (C=N–C) groups is 1. The molecule has 0 bridgehead atoms. The highest BCUT2D eigenvalue weighted by Crippen LogP contribution is 2.25. The molecule has 1 N–H and O–H groups in total. The number of hydrogen-bond donors (Lipinski definition) is 1. The molecule has 2 aromatic rings. The van der Waals surface area contributed by atoms with Gasteiger partial charge in [-0.2, -0.15) is 0 Å². The van der Waals surface area contributed by atoms with E-state index in [1.165, 1.54) is 24.0 Å². The zero-order valence-electron chi connectivity index (χ0n) is 19.7. The van der Waals surface area contributed by atoms with Crippen LogP contribution in [0.5, 0.6) is 0 Å². The lowest BCUT2D eigenvalue weighted by Gasteiger charge is -2.36. The first-order valence-corrected chi connectivity index (χ1v) is 12.4. The van der Waals surface area contributed by atoms with Gasteiger partial charge in [0, 0.05) is 52.0 Å². The second-order valence-electron chi connectivity index (χ2n) is 9.22. The third-order valence-corrected chi connectivity index (χ3v) is 6.93. The fourth-order valence-corrected chi connectivity index (χ4v) is 5.22. The van der Waals surface area contributed by atoms with Crippen molar-refractivity contribution in [3.8, 4) is 0 Å². The average molecular weight is 449 g/mol. The molecule has 3 saturated heterocycles. The van der Waals surface area contributed by atoms with Crippen LogP contribution in [0.25, 0.3) is 0 Å². The zero-order valence-corrected chi connectivity index (χ0v) is 19.7. The molecule has 0 spiro atoms. The fraction of sp³-hybridized carbons (Fsp3) is 0.538. The van der Waals surface area contributed by atoms with Crippen LogP contribution in [0.3, 0.4) is 0 Å². The topological polar surface area (TPSA) is 56.2 Å². The number of aromatic nitrogens is 1. The number of fused-ring (bicyclic) bond motifs is 1. The number of rotatable bonds is 6. The van der Waals surface area contributed by atoms with E-state index in [0.29, 0.717) is 12.6 Å². The molecule has 0 aliphatic carbocycles. The van der Waals surface area contributed by atoms with Crippen LogP contribution in [0, 0.1) is 0 Å². The fourth-order valence-electron chi connectivity index (χ4n) is 5.22. The molecule has 7 nitrogen and oxygen atoms in total. The van der Waals surface area contributed by atoms with Crippen molar-refractivity contribution < 1.29 is 4.74 Å². The van der Waals surface area contributed by atoms with E-state index in [4.69, 9.17) is 9.73 Å². The van der Waals surface area contributed by atoms with E-state index >= 15 is 0 Å². The Balaban J connectivity index is 1.26. The Kier molecular flexibility index (Phi) is 7.07. The monoisotopic (exact) mass is 448 g/mol. The second kappa shape index (κ2) is 10.5. The number of ether oxygens (including phenoxy) is 1. The van der Waals surface area contributed by atoms with Gasteiger partial charge in [-0.15, -0.1) is 0 Å². The van der Waals surface area contributed by atoms with E-state index in [0.717, 1.165) is 64.2 Å². The summed E-state index contributed by atoms with van der Waals surface area (Å²) in [4.78, 5) is 16.9. The molecular formula is C26H36N6O. The normalized spacial score (nSPS) is 23.7. The van der Waals surface area contributed by atoms with Gasteiger partial charge >= 0.3 is 0 Å². The van der Waals surface area contributed by atoms with Gasteiger partial charge in [-0.1, -0.05) is 30.3 Å². The van der Waals surface area contributed by atoms with Gasteiger partial charge in [-0.25, -0.2) is 9.98 Å². The number of likely N-dealkylation sites (tertiary alicyclic amines) is 1. The van der Waals surface area contributed by atoms with Crippen molar-refractivity contribution in [1.82, 2.24) is 20.1 Å². The van der Waals surface area contributed by atoms with Crippen LogP contribution < -0.4 is 10.2 Å². The molecule has 1 aromatic carbocycles.